The molecule has 1 atom stereocenters. The van der Waals surface area contributed by atoms with Gasteiger partial charge in [0.25, 0.3) is 5.91 Å². The molecule has 0 saturated heterocycles. The zero-order chi connectivity index (χ0) is 19.2. The van der Waals surface area contributed by atoms with Gasteiger partial charge in [-0.25, -0.2) is 0 Å². The molecule has 1 N–H and O–H groups in total. The minimum Gasteiger partial charge on any atom is -0.315 e. The Morgan fingerprint density at radius 3 is 2.62 bits per heavy atom. The molecule has 3 rings (SSSR count). The van der Waals surface area contributed by atoms with Crippen molar-refractivity contribution in [1.29, 1.82) is 0 Å². The predicted octanol–water partition coefficient (Wildman–Crippen LogP) is 3.91. The molecular formula is C15H11Cl2F3N4O2. The largest absolute Gasteiger partial charge is 0.471 e. The molecule has 0 unspecified atom stereocenters. The van der Waals surface area contributed by atoms with Crippen LogP contribution in [0.3, 0.4) is 0 Å². The number of hydrogen-bond donors (Lipinski definition) is 1. The summed E-state index contributed by atoms with van der Waals surface area (Å²) >= 11 is 11.8. The van der Waals surface area contributed by atoms with Gasteiger partial charge in [0.1, 0.15) is 0 Å². The van der Waals surface area contributed by atoms with E-state index in [9.17, 15) is 22.8 Å². The maximum atomic E-state index is 12.8. The smallest absolute Gasteiger partial charge is 0.315 e. The van der Waals surface area contributed by atoms with Gasteiger partial charge in [-0.3, -0.25) is 14.3 Å². The van der Waals surface area contributed by atoms with Crippen LogP contribution in [-0.4, -0.2) is 34.3 Å². The Bertz CT molecular complexity index is 898. The van der Waals surface area contributed by atoms with Crippen LogP contribution in [0.2, 0.25) is 10.0 Å². The second-order valence-electron chi connectivity index (χ2n) is 5.67. The molecule has 0 fully saturated rings. The summed E-state index contributed by atoms with van der Waals surface area (Å²) in [7, 11) is 0. The van der Waals surface area contributed by atoms with Crippen molar-refractivity contribution in [2.24, 2.45) is 0 Å². The number of halogens is 5. The van der Waals surface area contributed by atoms with Crippen LogP contribution in [-0.2, 0) is 4.79 Å². The van der Waals surface area contributed by atoms with E-state index in [1.54, 1.807) is 18.3 Å². The SMILES string of the molecule is C[C@H]1CN(c2ccc(Cl)c(Cl)c2)C(=O)c2c(NC(=O)C(F)(F)F)cnn21. The number of aromatic nitrogens is 2. The number of fused-ring (bicyclic) bond motifs is 1. The fourth-order valence-electron chi connectivity index (χ4n) is 2.62. The molecule has 138 valence electrons. The van der Waals surface area contributed by atoms with Crippen molar-refractivity contribution in [3.63, 3.8) is 0 Å². The molecule has 2 heterocycles. The zero-order valence-electron chi connectivity index (χ0n) is 13.1. The molecule has 6 nitrogen and oxygen atoms in total. The summed E-state index contributed by atoms with van der Waals surface area (Å²) in [6.07, 6.45) is -4.06. The van der Waals surface area contributed by atoms with Gasteiger partial charge in [-0.1, -0.05) is 23.2 Å². The van der Waals surface area contributed by atoms with Gasteiger partial charge in [0.05, 0.1) is 28.0 Å². The lowest BCUT2D eigenvalue weighted by atomic mass is 10.1. The van der Waals surface area contributed by atoms with Gasteiger partial charge in [0.2, 0.25) is 0 Å². The number of nitrogens with one attached hydrogen (secondary N) is 1. The van der Waals surface area contributed by atoms with Gasteiger partial charge in [0.15, 0.2) is 5.69 Å². The summed E-state index contributed by atoms with van der Waals surface area (Å²) in [6, 6.07) is 4.22. The fraction of sp³-hybridized carbons (Fsp3) is 0.267. The summed E-state index contributed by atoms with van der Waals surface area (Å²) in [5.74, 6) is -2.79. The van der Waals surface area contributed by atoms with Crippen LogP contribution in [0.1, 0.15) is 23.5 Å². The van der Waals surface area contributed by atoms with E-state index < -0.39 is 18.0 Å². The maximum Gasteiger partial charge on any atom is 0.471 e. The van der Waals surface area contributed by atoms with Crippen molar-refractivity contribution in [3.05, 3.63) is 40.1 Å². The highest BCUT2D eigenvalue weighted by Crippen LogP contribution is 2.33. The first kappa shape index (κ1) is 18.5. The van der Waals surface area contributed by atoms with Crippen molar-refractivity contribution in [2.75, 3.05) is 16.8 Å². The number of alkyl halides is 3. The fourth-order valence-corrected chi connectivity index (χ4v) is 2.91. The molecule has 2 aromatic rings. The first-order valence-electron chi connectivity index (χ1n) is 7.32. The Kier molecular flexibility index (Phi) is 4.61. The lowest BCUT2D eigenvalue weighted by Gasteiger charge is -2.32. The summed E-state index contributed by atoms with van der Waals surface area (Å²) in [4.78, 5) is 25.4. The first-order valence-corrected chi connectivity index (χ1v) is 8.07. The number of carbonyl (C=O) groups is 2. The van der Waals surface area contributed by atoms with E-state index in [-0.39, 0.29) is 29.0 Å². The highest BCUT2D eigenvalue weighted by atomic mass is 35.5. The number of rotatable bonds is 2. The van der Waals surface area contributed by atoms with Crippen LogP contribution < -0.4 is 10.2 Å². The van der Waals surface area contributed by atoms with Crippen LogP contribution in [0, 0.1) is 0 Å². The van der Waals surface area contributed by atoms with Crippen LogP contribution in [0.5, 0.6) is 0 Å². The molecule has 11 heteroatoms. The Labute approximate surface area is 155 Å². The van der Waals surface area contributed by atoms with E-state index in [1.165, 1.54) is 21.7 Å². The molecule has 0 spiro atoms. The maximum absolute atomic E-state index is 12.8. The molecule has 1 aliphatic rings. The predicted molar refractivity (Wildman–Crippen MR) is 89.8 cm³/mol. The minimum absolute atomic E-state index is 0.146. The Morgan fingerprint density at radius 2 is 2.00 bits per heavy atom. The third-order valence-electron chi connectivity index (χ3n) is 3.83. The molecule has 2 amide bonds. The molecule has 26 heavy (non-hydrogen) atoms. The van der Waals surface area contributed by atoms with Crippen molar-refractivity contribution >= 4 is 46.4 Å². The number of amides is 2. The van der Waals surface area contributed by atoms with Crippen LogP contribution in [0.4, 0.5) is 24.5 Å². The van der Waals surface area contributed by atoms with Crippen molar-refractivity contribution in [1.82, 2.24) is 9.78 Å². The Morgan fingerprint density at radius 1 is 1.31 bits per heavy atom. The lowest BCUT2D eigenvalue weighted by molar-refractivity contribution is -0.167. The van der Waals surface area contributed by atoms with E-state index in [2.05, 4.69) is 5.10 Å². The Hall–Kier alpha value is -2.26. The van der Waals surface area contributed by atoms with Crippen molar-refractivity contribution in [3.8, 4) is 0 Å². The van der Waals surface area contributed by atoms with E-state index in [0.29, 0.717) is 10.7 Å². The topological polar surface area (TPSA) is 67.2 Å². The monoisotopic (exact) mass is 406 g/mol. The summed E-state index contributed by atoms with van der Waals surface area (Å²) in [5, 5.41) is 6.15. The second-order valence-corrected chi connectivity index (χ2v) is 6.48. The summed E-state index contributed by atoms with van der Waals surface area (Å²) in [5.41, 5.74) is -0.0295. The molecule has 0 saturated carbocycles. The number of benzene rings is 1. The molecule has 0 aliphatic carbocycles. The zero-order valence-corrected chi connectivity index (χ0v) is 14.7. The quantitative estimate of drug-likeness (QED) is 0.821. The second kappa shape index (κ2) is 6.48. The van der Waals surface area contributed by atoms with Crippen LogP contribution in [0.15, 0.2) is 24.4 Å². The normalized spacial score (nSPS) is 17.2. The Balaban J connectivity index is 1.99. The first-order chi connectivity index (χ1) is 12.1. The lowest BCUT2D eigenvalue weighted by Crippen LogP contribution is -2.43. The van der Waals surface area contributed by atoms with Crippen LogP contribution in [0.25, 0.3) is 0 Å². The van der Waals surface area contributed by atoms with Gasteiger partial charge in [-0.2, -0.15) is 18.3 Å². The number of carbonyl (C=O) groups excluding carboxylic acids is 2. The summed E-state index contributed by atoms with van der Waals surface area (Å²) < 4.78 is 38.8. The van der Waals surface area contributed by atoms with E-state index in [1.807, 2.05) is 0 Å². The molecule has 1 aliphatic heterocycles. The van der Waals surface area contributed by atoms with E-state index in [4.69, 9.17) is 23.2 Å². The molecule has 0 radical (unpaired) electrons. The van der Waals surface area contributed by atoms with Gasteiger partial charge in [-0.15, -0.1) is 0 Å². The van der Waals surface area contributed by atoms with E-state index >= 15 is 0 Å². The molecule has 1 aromatic carbocycles. The highest BCUT2D eigenvalue weighted by molar-refractivity contribution is 6.42. The minimum atomic E-state index is -5.08. The average Bonchev–Trinajstić information content (AvgIpc) is 2.97. The number of anilines is 2. The third kappa shape index (κ3) is 3.24. The van der Waals surface area contributed by atoms with Gasteiger partial charge in [0, 0.05) is 12.2 Å². The van der Waals surface area contributed by atoms with Gasteiger partial charge >= 0.3 is 12.1 Å². The van der Waals surface area contributed by atoms with Crippen molar-refractivity contribution in [2.45, 2.75) is 19.1 Å². The molecular weight excluding hydrogens is 396 g/mol. The number of hydrogen-bond acceptors (Lipinski definition) is 3. The van der Waals surface area contributed by atoms with Gasteiger partial charge < -0.3 is 10.2 Å². The highest BCUT2D eigenvalue weighted by Gasteiger charge is 2.41. The standard InChI is InChI=1S/C15H11Cl2F3N4O2/c1-7-6-23(8-2-3-9(16)10(17)4-8)13(25)12-11(5-21-24(7)12)22-14(26)15(18,19)20/h2-5,7H,6H2,1H3,(H,22,26)/t7-/m0/s1. The molecule has 0 bridgehead atoms. The van der Waals surface area contributed by atoms with Gasteiger partial charge in [-0.05, 0) is 25.1 Å². The van der Waals surface area contributed by atoms with E-state index in [0.717, 1.165) is 6.20 Å². The third-order valence-corrected chi connectivity index (χ3v) is 4.57. The number of nitrogens with zero attached hydrogens (tertiary/aromatic N) is 3. The summed E-state index contributed by atoms with van der Waals surface area (Å²) in [6.45, 7) is 1.96. The average molecular weight is 407 g/mol. The molecule has 1 aromatic heterocycles. The van der Waals surface area contributed by atoms with Crippen molar-refractivity contribution < 1.29 is 22.8 Å². The van der Waals surface area contributed by atoms with Crippen LogP contribution >= 0.6 is 23.2 Å².